The number of hydrogen-bond acceptors (Lipinski definition) is 5. The Bertz CT molecular complexity index is 767. The monoisotopic (exact) mass is 342 g/mol. The Morgan fingerprint density at radius 3 is 2.52 bits per heavy atom. The SMILES string of the molecule is Cc1cnc(N(C)C2CCCN(C(=O)c3c(C)nn(C)c3C)C2)nc1. The van der Waals surface area contributed by atoms with E-state index in [9.17, 15) is 4.79 Å². The minimum absolute atomic E-state index is 0.0750. The molecule has 3 rings (SSSR count). The summed E-state index contributed by atoms with van der Waals surface area (Å²) in [5.41, 5.74) is 3.49. The zero-order valence-electron chi connectivity index (χ0n) is 15.7. The Morgan fingerprint density at radius 1 is 1.24 bits per heavy atom. The van der Waals surface area contributed by atoms with Crippen molar-refractivity contribution in [2.24, 2.45) is 7.05 Å². The third-order valence-electron chi connectivity index (χ3n) is 5.04. The molecule has 7 heteroatoms. The van der Waals surface area contributed by atoms with Gasteiger partial charge in [-0.25, -0.2) is 9.97 Å². The second-order valence-electron chi connectivity index (χ2n) is 6.89. The molecule has 2 aromatic heterocycles. The highest BCUT2D eigenvalue weighted by atomic mass is 16.2. The average Bonchev–Trinajstić information content (AvgIpc) is 2.86. The van der Waals surface area contributed by atoms with Gasteiger partial charge in [-0.3, -0.25) is 9.48 Å². The molecular weight excluding hydrogens is 316 g/mol. The predicted octanol–water partition coefficient (Wildman–Crippen LogP) is 1.88. The van der Waals surface area contributed by atoms with Gasteiger partial charge < -0.3 is 9.80 Å². The van der Waals surface area contributed by atoms with E-state index in [4.69, 9.17) is 0 Å². The summed E-state index contributed by atoms with van der Waals surface area (Å²) in [7, 11) is 3.88. The van der Waals surface area contributed by atoms with E-state index in [-0.39, 0.29) is 11.9 Å². The first kappa shape index (κ1) is 17.4. The Morgan fingerprint density at radius 2 is 1.92 bits per heavy atom. The fourth-order valence-electron chi connectivity index (χ4n) is 3.43. The zero-order chi connectivity index (χ0) is 18.1. The number of nitrogens with zero attached hydrogens (tertiary/aromatic N) is 6. The molecule has 0 saturated carbocycles. The summed E-state index contributed by atoms with van der Waals surface area (Å²) in [6.07, 6.45) is 5.66. The molecule has 25 heavy (non-hydrogen) atoms. The van der Waals surface area contributed by atoms with Crippen LogP contribution in [0.4, 0.5) is 5.95 Å². The number of amides is 1. The van der Waals surface area contributed by atoms with Gasteiger partial charge in [-0.05, 0) is 39.2 Å². The average molecular weight is 342 g/mol. The Hall–Kier alpha value is -2.44. The van der Waals surface area contributed by atoms with Crippen molar-refractivity contribution in [2.75, 3.05) is 25.0 Å². The molecule has 0 N–H and O–H groups in total. The third kappa shape index (κ3) is 3.36. The molecule has 7 nitrogen and oxygen atoms in total. The molecule has 1 unspecified atom stereocenters. The van der Waals surface area contributed by atoms with Crippen LogP contribution in [0.5, 0.6) is 0 Å². The number of carbonyl (C=O) groups excluding carboxylic acids is 1. The number of likely N-dealkylation sites (tertiary alicyclic amines) is 1. The molecule has 0 spiro atoms. The highest BCUT2D eigenvalue weighted by molar-refractivity contribution is 5.96. The normalized spacial score (nSPS) is 17.6. The van der Waals surface area contributed by atoms with Crippen LogP contribution in [0.2, 0.25) is 0 Å². The summed E-state index contributed by atoms with van der Waals surface area (Å²) in [5.74, 6) is 0.782. The van der Waals surface area contributed by atoms with E-state index in [0.717, 1.165) is 41.9 Å². The lowest BCUT2D eigenvalue weighted by Crippen LogP contribution is -2.49. The van der Waals surface area contributed by atoms with Crippen molar-refractivity contribution in [1.29, 1.82) is 0 Å². The second kappa shape index (κ2) is 6.82. The highest BCUT2D eigenvalue weighted by Gasteiger charge is 2.30. The topological polar surface area (TPSA) is 67.2 Å². The Labute approximate surface area is 148 Å². The van der Waals surface area contributed by atoms with Crippen molar-refractivity contribution in [3.05, 3.63) is 34.9 Å². The van der Waals surface area contributed by atoms with Crippen LogP contribution in [0.1, 0.15) is 40.2 Å². The number of rotatable bonds is 3. The number of piperidine rings is 1. The number of anilines is 1. The molecule has 0 radical (unpaired) electrons. The maximum atomic E-state index is 13.0. The van der Waals surface area contributed by atoms with E-state index >= 15 is 0 Å². The predicted molar refractivity (Wildman–Crippen MR) is 96.8 cm³/mol. The molecule has 1 aliphatic heterocycles. The molecule has 2 aromatic rings. The molecule has 1 amide bonds. The van der Waals surface area contributed by atoms with Gasteiger partial charge in [0, 0.05) is 51.3 Å². The number of carbonyl (C=O) groups is 1. The molecule has 1 saturated heterocycles. The van der Waals surface area contributed by atoms with Crippen LogP contribution in [0.3, 0.4) is 0 Å². The Kier molecular flexibility index (Phi) is 4.74. The number of aryl methyl sites for hydroxylation is 3. The minimum atomic E-state index is 0.0750. The Balaban J connectivity index is 1.76. The molecule has 0 aliphatic carbocycles. The summed E-state index contributed by atoms with van der Waals surface area (Å²) in [6, 6.07) is 0.220. The quantitative estimate of drug-likeness (QED) is 0.852. The van der Waals surface area contributed by atoms with E-state index in [0.29, 0.717) is 12.5 Å². The van der Waals surface area contributed by atoms with Crippen LogP contribution in [-0.2, 0) is 7.05 Å². The van der Waals surface area contributed by atoms with Crippen LogP contribution in [0, 0.1) is 20.8 Å². The van der Waals surface area contributed by atoms with Crippen LogP contribution >= 0.6 is 0 Å². The standard InChI is InChI=1S/C18H26N6O/c1-12-9-19-18(20-10-12)22(4)15-7-6-8-24(11-15)17(25)16-13(2)21-23(5)14(16)3/h9-10,15H,6-8,11H2,1-5H3. The first-order valence-electron chi connectivity index (χ1n) is 8.69. The van der Waals surface area contributed by atoms with Crippen LogP contribution < -0.4 is 4.90 Å². The number of aromatic nitrogens is 4. The lowest BCUT2D eigenvalue weighted by Gasteiger charge is -2.37. The molecule has 1 atom stereocenters. The maximum Gasteiger partial charge on any atom is 0.257 e. The minimum Gasteiger partial charge on any atom is -0.339 e. The summed E-state index contributed by atoms with van der Waals surface area (Å²) >= 11 is 0. The van der Waals surface area contributed by atoms with Crippen LogP contribution in [0.25, 0.3) is 0 Å². The van der Waals surface area contributed by atoms with Gasteiger partial charge in [0.15, 0.2) is 0 Å². The van der Waals surface area contributed by atoms with Crippen molar-refractivity contribution >= 4 is 11.9 Å². The summed E-state index contributed by atoms with van der Waals surface area (Å²) in [4.78, 5) is 25.9. The highest BCUT2D eigenvalue weighted by Crippen LogP contribution is 2.22. The van der Waals surface area contributed by atoms with E-state index in [1.165, 1.54) is 0 Å². The molecule has 1 fully saturated rings. The van der Waals surface area contributed by atoms with Gasteiger partial charge in [-0.2, -0.15) is 5.10 Å². The van der Waals surface area contributed by atoms with Crippen molar-refractivity contribution in [3.63, 3.8) is 0 Å². The molecule has 1 aliphatic rings. The lowest BCUT2D eigenvalue weighted by molar-refractivity contribution is 0.0705. The summed E-state index contributed by atoms with van der Waals surface area (Å²) < 4.78 is 1.77. The summed E-state index contributed by atoms with van der Waals surface area (Å²) in [5, 5.41) is 4.38. The van der Waals surface area contributed by atoms with Gasteiger partial charge in [0.25, 0.3) is 5.91 Å². The van der Waals surface area contributed by atoms with Crippen molar-refractivity contribution in [3.8, 4) is 0 Å². The first-order chi connectivity index (χ1) is 11.9. The van der Waals surface area contributed by atoms with Crippen molar-refractivity contribution in [2.45, 2.75) is 39.7 Å². The fourth-order valence-corrected chi connectivity index (χ4v) is 3.43. The maximum absolute atomic E-state index is 13.0. The third-order valence-corrected chi connectivity index (χ3v) is 5.04. The molecule has 134 valence electrons. The molecule has 3 heterocycles. The van der Waals surface area contributed by atoms with Gasteiger partial charge in [0.2, 0.25) is 5.95 Å². The zero-order valence-corrected chi connectivity index (χ0v) is 15.7. The van der Waals surface area contributed by atoms with Gasteiger partial charge in [0.05, 0.1) is 11.3 Å². The van der Waals surface area contributed by atoms with E-state index in [1.54, 1.807) is 4.68 Å². The number of likely N-dealkylation sites (N-methyl/N-ethyl adjacent to an activating group) is 1. The smallest absolute Gasteiger partial charge is 0.257 e. The van der Waals surface area contributed by atoms with E-state index < -0.39 is 0 Å². The number of hydrogen-bond donors (Lipinski definition) is 0. The van der Waals surface area contributed by atoms with Gasteiger partial charge >= 0.3 is 0 Å². The molecular formula is C18H26N6O. The van der Waals surface area contributed by atoms with Gasteiger partial charge in [-0.1, -0.05) is 0 Å². The van der Waals surface area contributed by atoms with Gasteiger partial charge in [0.1, 0.15) is 0 Å². The second-order valence-corrected chi connectivity index (χ2v) is 6.89. The molecule has 0 aromatic carbocycles. The van der Waals surface area contributed by atoms with Crippen molar-refractivity contribution < 1.29 is 4.79 Å². The van der Waals surface area contributed by atoms with Crippen molar-refractivity contribution in [1.82, 2.24) is 24.6 Å². The first-order valence-corrected chi connectivity index (χ1v) is 8.69. The fraction of sp³-hybridized carbons (Fsp3) is 0.556. The molecule has 0 bridgehead atoms. The van der Waals surface area contributed by atoms with Crippen LogP contribution in [0.15, 0.2) is 12.4 Å². The van der Waals surface area contributed by atoms with Gasteiger partial charge in [-0.15, -0.1) is 0 Å². The largest absolute Gasteiger partial charge is 0.339 e. The van der Waals surface area contributed by atoms with Crippen LogP contribution in [-0.4, -0.2) is 56.7 Å². The van der Waals surface area contributed by atoms with E-state index in [1.807, 2.05) is 52.2 Å². The van der Waals surface area contributed by atoms with E-state index in [2.05, 4.69) is 20.0 Å². The summed E-state index contributed by atoms with van der Waals surface area (Å²) in [6.45, 7) is 7.28. The lowest BCUT2D eigenvalue weighted by atomic mass is 10.0.